The average Bonchev–Trinajstić information content (AvgIpc) is 3.44. The Morgan fingerprint density at radius 1 is 1.14 bits per heavy atom. The van der Waals surface area contributed by atoms with E-state index in [1.54, 1.807) is 6.20 Å². The van der Waals surface area contributed by atoms with Gasteiger partial charge in [-0.05, 0) is 57.1 Å². The predicted octanol–water partition coefficient (Wildman–Crippen LogP) is 3.36. The Morgan fingerprint density at radius 2 is 1.86 bits per heavy atom. The number of pyridine rings is 1. The lowest BCUT2D eigenvalue weighted by Gasteiger charge is -2.45. The number of alkyl halides is 2. The molecule has 2 saturated carbocycles. The normalized spacial score (nSPS) is 25.1. The number of hydrogen-bond donors (Lipinski definition) is 2. The van der Waals surface area contributed by atoms with Crippen LogP contribution in [0.4, 0.5) is 14.5 Å². The molecule has 29 heavy (non-hydrogen) atoms. The third-order valence-corrected chi connectivity index (χ3v) is 6.62. The molecule has 0 radical (unpaired) electrons. The van der Waals surface area contributed by atoms with Crippen LogP contribution in [0, 0.1) is 5.92 Å². The first-order valence-electron chi connectivity index (χ1n) is 10.6. The summed E-state index contributed by atoms with van der Waals surface area (Å²) in [5.74, 6) is 0.541. The number of aromatic nitrogens is 2. The van der Waals surface area contributed by atoms with Gasteiger partial charge in [0.15, 0.2) is 0 Å². The summed E-state index contributed by atoms with van der Waals surface area (Å²) in [6.07, 6.45) is 7.53. The standard InChI is InChI=1S/C21H27F2N5O/c22-18(23)11-24-9-13-1-3-14(4-2-13)27-12-28(15-5-6-15)21(29)17-10-26-20-16(19(17)27)7-8-25-20/h7-8,10,13-15,18,24H,1-6,9,11-12H2,(H,25,26). The van der Waals surface area contributed by atoms with Crippen LogP contribution in [-0.2, 0) is 0 Å². The quantitative estimate of drug-likeness (QED) is 0.776. The van der Waals surface area contributed by atoms with Gasteiger partial charge in [0.1, 0.15) is 5.65 Å². The molecule has 2 N–H and O–H groups in total. The lowest BCUT2D eigenvalue weighted by atomic mass is 9.84. The zero-order valence-electron chi connectivity index (χ0n) is 16.4. The molecule has 2 aromatic rings. The van der Waals surface area contributed by atoms with Crippen LogP contribution >= 0.6 is 0 Å². The Balaban J connectivity index is 1.36. The van der Waals surface area contributed by atoms with Crippen molar-refractivity contribution >= 4 is 22.6 Å². The molecule has 0 unspecified atom stereocenters. The molecule has 2 fully saturated rings. The number of nitrogens with zero attached hydrogens (tertiary/aromatic N) is 3. The van der Waals surface area contributed by atoms with Crippen LogP contribution in [0.1, 0.15) is 48.9 Å². The highest BCUT2D eigenvalue weighted by atomic mass is 19.3. The number of rotatable bonds is 6. The SMILES string of the molecule is O=C1c2cnc3[nH]ccc3c2N(C2CCC(CNCC(F)F)CC2)CN1C1CC1. The van der Waals surface area contributed by atoms with Gasteiger partial charge in [0.2, 0.25) is 0 Å². The lowest BCUT2D eigenvalue weighted by Crippen LogP contribution is -2.52. The molecule has 0 bridgehead atoms. The number of H-pyrrole nitrogens is 1. The molecular weight excluding hydrogens is 376 g/mol. The molecule has 0 saturated heterocycles. The van der Waals surface area contributed by atoms with E-state index in [0.717, 1.165) is 55.2 Å². The number of nitrogens with one attached hydrogen (secondary N) is 2. The number of hydrogen-bond acceptors (Lipinski definition) is 4. The van der Waals surface area contributed by atoms with Crippen LogP contribution in [0.5, 0.6) is 0 Å². The molecule has 8 heteroatoms. The van der Waals surface area contributed by atoms with Gasteiger partial charge in [0, 0.05) is 29.9 Å². The van der Waals surface area contributed by atoms with Gasteiger partial charge in [-0.3, -0.25) is 4.79 Å². The fourth-order valence-corrected chi connectivity index (χ4v) is 4.94. The second kappa shape index (κ2) is 7.55. The summed E-state index contributed by atoms with van der Waals surface area (Å²) in [5.41, 5.74) is 2.53. The van der Waals surface area contributed by atoms with Gasteiger partial charge in [0.25, 0.3) is 12.3 Å². The van der Waals surface area contributed by atoms with Crippen molar-refractivity contribution in [1.29, 1.82) is 0 Å². The number of anilines is 1. The molecule has 3 heterocycles. The minimum Gasteiger partial charge on any atom is -0.349 e. The number of fused-ring (bicyclic) bond motifs is 3. The van der Waals surface area contributed by atoms with Crippen LogP contribution < -0.4 is 10.2 Å². The van der Waals surface area contributed by atoms with Crippen molar-refractivity contribution in [3.63, 3.8) is 0 Å². The Morgan fingerprint density at radius 3 is 2.59 bits per heavy atom. The van der Waals surface area contributed by atoms with E-state index in [1.807, 2.05) is 17.2 Å². The largest absolute Gasteiger partial charge is 0.349 e. The van der Waals surface area contributed by atoms with Crippen LogP contribution in [0.2, 0.25) is 0 Å². The first-order valence-corrected chi connectivity index (χ1v) is 10.6. The maximum Gasteiger partial charge on any atom is 0.259 e. The molecule has 6 nitrogen and oxygen atoms in total. The molecule has 0 aromatic carbocycles. The summed E-state index contributed by atoms with van der Waals surface area (Å²) in [6, 6.07) is 2.72. The Labute approximate surface area is 168 Å². The van der Waals surface area contributed by atoms with Crippen molar-refractivity contribution < 1.29 is 13.6 Å². The van der Waals surface area contributed by atoms with Crippen molar-refractivity contribution in [2.24, 2.45) is 5.92 Å². The second-order valence-electron chi connectivity index (χ2n) is 8.60. The third-order valence-electron chi connectivity index (χ3n) is 6.62. The van der Waals surface area contributed by atoms with E-state index in [2.05, 4.69) is 20.2 Å². The summed E-state index contributed by atoms with van der Waals surface area (Å²) in [7, 11) is 0. The summed E-state index contributed by atoms with van der Waals surface area (Å²) in [6.45, 7) is 1.07. The highest BCUT2D eigenvalue weighted by Crippen LogP contribution is 2.41. The van der Waals surface area contributed by atoms with E-state index in [4.69, 9.17) is 0 Å². The molecular formula is C21H27F2N5O. The fourth-order valence-electron chi connectivity index (χ4n) is 4.94. The maximum absolute atomic E-state index is 13.1. The summed E-state index contributed by atoms with van der Waals surface area (Å²) >= 11 is 0. The van der Waals surface area contributed by atoms with Crippen LogP contribution in [0.25, 0.3) is 11.0 Å². The first-order chi connectivity index (χ1) is 14.1. The van der Waals surface area contributed by atoms with E-state index in [-0.39, 0.29) is 12.5 Å². The van der Waals surface area contributed by atoms with Gasteiger partial charge in [-0.15, -0.1) is 0 Å². The van der Waals surface area contributed by atoms with Crippen LogP contribution in [-0.4, -0.2) is 59.0 Å². The minimum absolute atomic E-state index is 0.0965. The van der Waals surface area contributed by atoms with Crippen LogP contribution in [0.3, 0.4) is 0 Å². The zero-order chi connectivity index (χ0) is 20.0. The minimum atomic E-state index is -2.29. The highest BCUT2D eigenvalue weighted by Gasteiger charge is 2.42. The second-order valence-corrected chi connectivity index (χ2v) is 8.60. The molecule has 0 atom stereocenters. The number of halogens is 2. The molecule has 3 aliphatic rings. The number of aromatic amines is 1. The highest BCUT2D eigenvalue weighted by molar-refractivity contribution is 6.08. The number of carbonyl (C=O) groups excluding carboxylic acids is 1. The summed E-state index contributed by atoms with van der Waals surface area (Å²) in [4.78, 5) is 25.1. The van der Waals surface area contributed by atoms with Crippen LogP contribution in [0.15, 0.2) is 18.5 Å². The topological polar surface area (TPSA) is 64.3 Å². The van der Waals surface area contributed by atoms with Crippen molar-refractivity contribution in [3.8, 4) is 0 Å². The lowest BCUT2D eigenvalue weighted by molar-refractivity contribution is 0.0718. The maximum atomic E-state index is 13.1. The molecule has 5 rings (SSSR count). The Kier molecular flexibility index (Phi) is 4.89. The molecule has 2 aromatic heterocycles. The van der Waals surface area contributed by atoms with E-state index in [1.165, 1.54) is 0 Å². The van der Waals surface area contributed by atoms with Gasteiger partial charge in [-0.25, -0.2) is 13.8 Å². The Bertz CT molecular complexity index is 888. The van der Waals surface area contributed by atoms with Gasteiger partial charge in [-0.2, -0.15) is 0 Å². The number of carbonyl (C=O) groups is 1. The smallest absolute Gasteiger partial charge is 0.259 e. The van der Waals surface area contributed by atoms with Crippen molar-refractivity contribution in [1.82, 2.24) is 20.2 Å². The molecule has 156 valence electrons. The van der Waals surface area contributed by atoms with E-state index in [0.29, 0.717) is 36.8 Å². The fraction of sp³-hybridized carbons (Fsp3) is 0.619. The molecule has 2 aliphatic carbocycles. The molecule has 1 aliphatic heterocycles. The van der Waals surface area contributed by atoms with Crippen molar-refractivity contribution in [3.05, 3.63) is 24.0 Å². The van der Waals surface area contributed by atoms with Gasteiger partial charge in [0.05, 0.1) is 24.5 Å². The van der Waals surface area contributed by atoms with E-state index in [9.17, 15) is 13.6 Å². The zero-order valence-corrected chi connectivity index (χ0v) is 16.4. The number of amides is 1. The first kappa shape index (κ1) is 18.8. The van der Waals surface area contributed by atoms with Crippen molar-refractivity contribution in [2.45, 2.75) is 57.0 Å². The van der Waals surface area contributed by atoms with Gasteiger partial charge < -0.3 is 20.1 Å². The predicted molar refractivity (Wildman–Crippen MR) is 107 cm³/mol. The van der Waals surface area contributed by atoms with Gasteiger partial charge >= 0.3 is 0 Å². The van der Waals surface area contributed by atoms with E-state index < -0.39 is 6.43 Å². The van der Waals surface area contributed by atoms with E-state index >= 15 is 0 Å². The third kappa shape index (κ3) is 3.58. The summed E-state index contributed by atoms with van der Waals surface area (Å²) in [5, 5.41) is 3.90. The molecule has 1 amide bonds. The summed E-state index contributed by atoms with van der Waals surface area (Å²) < 4.78 is 24.7. The molecule has 0 spiro atoms. The average molecular weight is 403 g/mol. The van der Waals surface area contributed by atoms with Crippen molar-refractivity contribution in [2.75, 3.05) is 24.7 Å². The van der Waals surface area contributed by atoms with Gasteiger partial charge in [-0.1, -0.05) is 0 Å². The Hall–Kier alpha value is -2.22. The monoisotopic (exact) mass is 403 g/mol.